The molecule has 0 aromatic heterocycles. The van der Waals surface area contributed by atoms with Crippen molar-refractivity contribution in [2.45, 2.75) is 0 Å². The number of anilines is 2. The third kappa shape index (κ3) is 11.2. The van der Waals surface area contributed by atoms with Crippen molar-refractivity contribution in [3.05, 3.63) is 218 Å². The summed E-state index contributed by atoms with van der Waals surface area (Å²) in [7, 11) is 0. The van der Waals surface area contributed by atoms with Crippen LogP contribution in [-0.2, 0) is 0 Å². The molecular formula is C54H40N2O8. The van der Waals surface area contributed by atoms with E-state index in [9.17, 15) is 0 Å². The largest absolute Gasteiger partial charge is 0.457 e. The fourth-order valence-electron chi connectivity index (χ4n) is 6.40. The van der Waals surface area contributed by atoms with Gasteiger partial charge >= 0.3 is 0 Å². The molecule has 0 aliphatic carbocycles. The Bertz CT molecular complexity index is 2790. The summed E-state index contributed by atoms with van der Waals surface area (Å²) in [6.45, 7) is 0. The molecule has 9 aromatic rings. The molecular weight excluding hydrogens is 805 g/mol. The van der Waals surface area contributed by atoms with Gasteiger partial charge in [-0.3, -0.25) is 0 Å². The van der Waals surface area contributed by atoms with E-state index in [1.165, 1.54) is 0 Å². The lowest BCUT2D eigenvalue weighted by Gasteiger charge is -2.12. The van der Waals surface area contributed by atoms with Crippen LogP contribution in [0.15, 0.2) is 218 Å². The van der Waals surface area contributed by atoms with Crippen LogP contribution in [0.1, 0.15) is 0 Å². The maximum absolute atomic E-state index is 6.15. The Morgan fingerprint density at radius 2 is 0.328 bits per heavy atom. The van der Waals surface area contributed by atoms with Crippen molar-refractivity contribution in [2.24, 2.45) is 0 Å². The Labute approximate surface area is 369 Å². The summed E-state index contributed by atoms with van der Waals surface area (Å²) in [4.78, 5) is 0. The molecule has 9 aromatic carbocycles. The van der Waals surface area contributed by atoms with Crippen molar-refractivity contribution in [2.75, 3.05) is 11.5 Å². The van der Waals surface area contributed by atoms with Crippen molar-refractivity contribution in [3.8, 4) is 92.0 Å². The molecule has 0 spiro atoms. The van der Waals surface area contributed by atoms with Crippen molar-refractivity contribution in [1.82, 2.24) is 0 Å². The van der Waals surface area contributed by atoms with E-state index in [0.29, 0.717) is 103 Å². The van der Waals surface area contributed by atoms with Crippen LogP contribution >= 0.6 is 0 Å². The van der Waals surface area contributed by atoms with Crippen molar-refractivity contribution < 1.29 is 37.9 Å². The third-order valence-corrected chi connectivity index (χ3v) is 9.28. The van der Waals surface area contributed by atoms with Gasteiger partial charge in [-0.1, -0.05) is 42.5 Å². The van der Waals surface area contributed by atoms with E-state index in [2.05, 4.69) is 0 Å². The quantitative estimate of drug-likeness (QED) is 0.0908. The molecule has 10 heteroatoms. The summed E-state index contributed by atoms with van der Waals surface area (Å²) in [6.07, 6.45) is 0. The average Bonchev–Trinajstić information content (AvgIpc) is 3.29. The van der Waals surface area contributed by atoms with Gasteiger partial charge in [0.05, 0.1) is 0 Å². The molecule has 0 aliphatic rings. The first-order chi connectivity index (χ1) is 31.4. The predicted octanol–water partition coefficient (Wildman–Crippen LogP) is 15.2. The van der Waals surface area contributed by atoms with Gasteiger partial charge in [0.2, 0.25) is 0 Å². The number of hydrogen-bond donors (Lipinski definition) is 2. The summed E-state index contributed by atoms with van der Waals surface area (Å²) in [5, 5.41) is 0. The number of benzene rings is 9. The lowest BCUT2D eigenvalue weighted by atomic mass is 10.3. The number of rotatable bonds is 16. The van der Waals surface area contributed by atoms with E-state index in [-0.39, 0.29) is 0 Å². The molecule has 0 unspecified atom stereocenters. The zero-order chi connectivity index (χ0) is 43.5. The molecule has 0 amide bonds. The van der Waals surface area contributed by atoms with Gasteiger partial charge in [-0.25, -0.2) is 0 Å². The van der Waals surface area contributed by atoms with E-state index >= 15 is 0 Å². The van der Waals surface area contributed by atoms with Gasteiger partial charge < -0.3 is 49.4 Å². The molecule has 4 N–H and O–H groups in total. The molecule has 0 radical (unpaired) electrons. The van der Waals surface area contributed by atoms with Crippen LogP contribution in [0.3, 0.4) is 0 Å². The van der Waals surface area contributed by atoms with Crippen molar-refractivity contribution in [1.29, 1.82) is 0 Å². The highest BCUT2D eigenvalue weighted by molar-refractivity contribution is 5.49. The smallest absolute Gasteiger partial charge is 0.131 e. The summed E-state index contributed by atoms with van der Waals surface area (Å²) in [5.74, 6) is 9.98. The number of nitrogens with two attached hydrogens (primary N) is 2. The molecule has 0 aliphatic heterocycles. The fourth-order valence-corrected chi connectivity index (χ4v) is 6.40. The van der Waals surface area contributed by atoms with Gasteiger partial charge in [0.25, 0.3) is 0 Å². The standard InChI is InChI=1S/C54H40N2O8/c55-37-8-1-10-43(30-37)61-49-16-6-20-53(35-49)63-51-18-4-14-47(33-51)59-41-26-22-39(23-27-41)57-45-12-3-13-46(32-45)58-40-24-28-42(29-25-40)60-48-15-5-19-52(34-48)64-54-21-7-17-50(36-54)62-44-11-2-9-38(56)31-44/h1-36H,55-56H2. The average molecular weight is 845 g/mol. The van der Waals surface area contributed by atoms with Crippen LogP contribution in [0.5, 0.6) is 92.0 Å². The number of hydrogen-bond acceptors (Lipinski definition) is 10. The molecule has 0 saturated carbocycles. The second-order valence-electron chi connectivity index (χ2n) is 14.3. The molecule has 64 heavy (non-hydrogen) atoms. The van der Waals surface area contributed by atoms with Crippen molar-refractivity contribution >= 4 is 11.4 Å². The monoisotopic (exact) mass is 844 g/mol. The topological polar surface area (TPSA) is 126 Å². The molecule has 0 fully saturated rings. The van der Waals surface area contributed by atoms with Gasteiger partial charge in [0.15, 0.2) is 0 Å². The Balaban J connectivity index is 0.760. The highest BCUT2D eigenvalue weighted by Crippen LogP contribution is 2.36. The molecule has 0 heterocycles. The van der Waals surface area contributed by atoms with Crippen molar-refractivity contribution in [3.63, 3.8) is 0 Å². The first-order valence-electron chi connectivity index (χ1n) is 20.2. The minimum atomic E-state index is 0.610. The van der Waals surface area contributed by atoms with Gasteiger partial charge in [-0.15, -0.1) is 0 Å². The molecule has 0 bridgehead atoms. The number of nitrogen functional groups attached to an aromatic ring is 2. The Morgan fingerprint density at radius 1 is 0.172 bits per heavy atom. The van der Waals surface area contributed by atoms with E-state index in [1.54, 1.807) is 12.1 Å². The van der Waals surface area contributed by atoms with E-state index in [1.807, 2.05) is 206 Å². The minimum Gasteiger partial charge on any atom is -0.457 e. The first kappa shape index (κ1) is 40.4. The molecule has 10 nitrogen and oxygen atoms in total. The zero-order valence-corrected chi connectivity index (χ0v) is 34.2. The summed E-state index contributed by atoms with van der Waals surface area (Å²) < 4.78 is 48.7. The van der Waals surface area contributed by atoms with Crippen LogP contribution in [0.4, 0.5) is 11.4 Å². The second kappa shape index (κ2) is 19.1. The summed E-state index contributed by atoms with van der Waals surface area (Å²) in [6, 6.07) is 66.3. The Hall–Kier alpha value is -9.02. The fraction of sp³-hybridized carbons (Fsp3) is 0. The van der Waals surface area contributed by atoms with Crippen LogP contribution in [0, 0.1) is 0 Å². The first-order valence-corrected chi connectivity index (χ1v) is 20.2. The van der Waals surface area contributed by atoms with Gasteiger partial charge in [0, 0.05) is 53.8 Å². The van der Waals surface area contributed by atoms with Crippen LogP contribution in [-0.4, -0.2) is 0 Å². The third-order valence-electron chi connectivity index (χ3n) is 9.28. The summed E-state index contributed by atoms with van der Waals surface area (Å²) in [5.41, 5.74) is 13.0. The van der Waals surface area contributed by atoms with Crippen LogP contribution in [0.25, 0.3) is 0 Å². The SMILES string of the molecule is Nc1cccc(Oc2cccc(Oc3cccc(Oc4ccc(Oc5cccc(Oc6ccc(Oc7cccc(Oc8cccc(Oc9cccc(N)c9)c8)c7)cc6)c5)cc4)c3)c2)c1. The highest BCUT2D eigenvalue weighted by atomic mass is 16.5. The van der Waals surface area contributed by atoms with Gasteiger partial charge in [-0.2, -0.15) is 0 Å². The highest BCUT2D eigenvalue weighted by Gasteiger charge is 2.09. The molecule has 0 saturated heterocycles. The number of ether oxygens (including phenoxy) is 8. The van der Waals surface area contributed by atoms with E-state index in [4.69, 9.17) is 49.4 Å². The minimum absolute atomic E-state index is 0.610. The maximum Gasteiger partial charge on any atom is 0.131 e. The van der Waals surface area contributed by atoms with Crippen LogP contribution in [0.2, 0.25) is 0 Å². The van der Waals surface area contributed by atoms with E-state index < -0.39 is 0 Å². The molecule has 9 rings (SSSR count). The molecule has 0 atom stereocenters. The van der Waals surface area contributed by atoms with Crippen LogP contribution < -0.4 is 49.4 Å². The van der Waals surface area contributed by atoms with E-state index in [0.717, 1.165) is 0 Å². The predicted molar refractivity (Wildman–Crippen MR) is 247 cm³/mol. The zero-order valence-electron chi connectivity index (χ0n) is 34.2. The van der Waals surface area contributed by atoms with Gasteiger partial charge in [-0.05, 0) is 133 Å². The molecule has 314 valence electrons. The lowest BCUT2D eigenvalue weighted by Crippen LogP contribution is -1.90. The maximum atomic E-state index is 6.15. The second-order valence-corrected chi connectivity index (χ2v) is 14.3. The normalized spacial score (nSPS) is 10.6. The van der Waals surface area contributed by atoms with Gasteiger partial charge in [0.1, 0.15) is 92.0 Å². The summed E-state index contributed by atoms with van der Waals surface area (Å²) >= 11 is 0. The Kier molecular flexibility index (Phi) is 12.1. The lowest BCUT2D eigenvalue weighted by molar-refractivity contribution is 0.447. The Morgan fingerprint density at radius 3 is 0.516 bits per heavy atom.